The summed E-state index contributed by atoms with van der Waals surface area (Å²) in [5, 5.41) is 11.0. The maximum Gasteiger partial charge on any atom is 0.411 e. The summed E-state index contributed by atoms with van der Waals surface area (Å²) in [7, 11) is 1.31. The van der Waals surface area contributed by atoms with E-state index in [4.69, 9.17) is 26.1 Å². The van der Waals surface area contributed by atoms with Crippen molar-refractivity contribution in [2.24, 2.45) is 0 Å². The first-order valence-corrected chi connectivity index (χ1v) is 11.4. The lowest BCUT2D eigenvalue weighted by Gasteiger charge is -2.36. The Bertz CT molecular complexity index is 1150. The number of fused-ring (bicyclic) bond motifs is 1. The Balaban J connectivity index is 1.66. The molecule has 1 aliphatic rings. The number of rotatable bonds is 6. The number of H-pyrrole nitrogens is 1. The number of methoxy groups -OCH3 is 1. The van der Waals surface area contributed by atoms with Crippen LogP contribution in [0.4, 0.5) is 16.4 Å². The zero-order valence-electron chi connectivity index (χ0n) is 19.2. The first-order chi connectivity index (χ1) is 15.8. The molecule has 10 heteroatoms. The van der Waals surface area contributed by atoms with Gasteiger partial charge < -0.3 is 25.1 Å². The molecule has 1 amide bonds. The Morgan fingerprint density at radius 2 is 2.18 bits per heavy atom. The molecule has 9 nitrogen and oxygen atoms in total. The van der Waals surface area contributed by atoms with E-state index in [0.29, 0.717) is 34.7 Å². The molecule has 3 heterocycles. The highest BCUT2D eigenvalue weighted by Gasteiger charge is 2.26. The van der Waals surface area contributed by atoms with Crippen LogP contribution in [0.3, 0.4) is 0 Å². The minimum Gasteiger partial charge on any atom is -0.489 e. The molecule has 3 aromatic rings. The van der Waals surface area contributed by atoms with Gasteiger partial charge in [0.1, 0.15) is 0 Å². The molecule has 0 unspecified atom stereocenters. The number of carbonyl (C=O) groups is 1. The highest BCUT2D eigenvalue weighted by atomic mass is 35.5. The summed E-state index contributed by atoms with van der Waals surface area (Å²) in [6, 6.07) is 3.89. The fraction of sp³-hybridized carbons (Fsp3) is 0.435. The summed E-state index contributed by atoms with van der Waals surface area (Å²) in [5.74, 6) is 1.05. The predicted molar refractivity (Wildman–Crippen MR) is 130 cm³/mol. The fourth-order valence-electron chi connectivity index (χ4n) is 3.98. The van der Waals surface area contributed by atoms with E-state index in [0.717, 1.165) is 35.9 Å². The second kappa shape index (κ2) is 9.44. The van der Waals surface area contributed by atoms with Gasteiger partial charge in [0.25, 0.3) is 0 Å². The quantitative estimate of drug-likeness (QED) is 0.407. The minimum atomic E-state index is -0.572. The summed E-state index contributed by atoms with van der Waals surface area (Å²) in [6.45, 7) is 7.57. The number of benzene rings is 1. The van der Waals surface area contributed by atoms with Crippen LogP contribution in [0, 0.1) is 0 Å². The van der Waals surface area contributed by atoms with Gasteiger partial charge in [-0.25, -0.2) is 14.8 Å². The predicted octanol–water partition coefficient (Wildman–Crippen LogP) is 4.80. The third kappa shape index (κ3) is 4.99. The molecule has 1 aliphatic heterocycles. The van der Waals surface area contributed by atoms with Crippen LogP contribution in [-0.4, -0.2) is 52.9 Å². The maximum atomic E-state index is 11.7. The lowest BCUT2D eigenvalue weighted by molar-refractivity contribution is 0.186. The lowest BCUT2D eigenvalue weighted by Crippen LogP contribution is -2.50. The zero-order valence-corrected chi connectivity index (χ0v) is 20.0. The number of amides is 1. The summed E-state index contributed by atoms with van der Waals surface area (Å²) < 4.78 is 10.5. The van der Waals surface area contributed by atoms with Crippen LogP contribution < -0.4 is 20.7 Å². The van der Waals surface area contributed by atoms with Gasteiger partial charge in [0.05, 0.1) is 41.8 Å². The van der Waals surface area contributed by atoms with Crippen molar-refractivity contribution in [3.05, 3.63) is 29.5 Å². The number of nitrogens with zero attached hydrogens (tertiary/aromatic N) is 2. The van der Waals surface area contributed by atoms with Crippen molar-refractivity contribution in [3.8, 4) is 17.0 Å². The molecule has 1 fully saturated rings. The minimum absolute atomic E-state index is 0.147. The van der Waals surface area contributed by atoms with E-state index >= 15 is 0 Å². The molecule has 0 radical (unpaired) electrons. The third-order valence-electron chi connectivity index (χ3n) is 5.80. The highest BCUT2D eigenvalue weighted by molar-refractivity contribution is 6.33. The molecule has 4 N–H and O–H groups in total. The Hall–Kier alpha value is -3.04. The maximum absolute atomic E-state index is 11.7. The van der Waals surface area contributed by atoms with E-state index in [-0.39, 0.29) is 11.6 Å². The van der Waals surface area contributed by atoms with Gasteiger partial charge >= 0.3 is 6.09 Å². The van der Waals surface area contributed by atoms with Crippen LogP contribution in [0.2, 0.25) is 5.02 Å². The fourth-order valence-corrected chi connectivity index (χ4v) is 4.17. The van der Waals surface area contributed by atoms with E-state index < -0.39 is 6.09 Å². The molecule has 2 aromatic heterocycles. The number of aromatic amines is 1. The van der Waals surface area contributed by atoms with Gasteiger partial charge in [-0.3, -0.25) is 5.32 Å². The van der Waals surface area contributed by atoms with Crippen LogP contribution in [0.25, 0.3) is 22.2 Å². The van der Waals surface area contributed by atoms with Crippen molar-refractivity contribution < 1.29 is 14.3 Å². The van der Waals surface area contributed by atoms with Crippen LogP contribution in [0.5, 0.6) is 5.75 Å². The second-order valence-electron chi connectivity index (χ2n) is 8.65. The molecular weight excluding hydrogens is 444 g/mol. The first kappa shape index (κ1) is 23.1. The van der Waals surface area contributed by atoms with E-state index in [9.17, 15) is 4.79 Å². The third-order valence-corrected chi connectivity index (χ3v) is 6.07. The van der Waals surface area contributed by atoms with E-state index in [1.54, 1.807) is 12.3 Å². The second-order valence-corrected chi connectivity index (χ2v) is 9.06. The number of hydrogen-bond donors (Lipinski definition) is 4. The van der Waals surface area contributed by atoms with Gasteiger partial charge in [-0.05, 0) is 45.7 Å². The highest BCUT2D eigenvalue weighted by Crippen LogP contribution is 2.39. The van der Waals surface area contributed by atoms with Crippen LogP contribution >= 0.6 is 11.6 Å². The van der Waals surface area contributed by atoms with Crippen molar-refractivity contribution >= 4 is 40.2 Å². The van der Waals surface area contributed by atoms with E-state index in [2.05, 4.69) is 39.8 Å². The lowest BCUT2D eigenvalue weighted by atomic mass is 9.91. The largest absolute Gasteiger partial charge is 0.489 e. The normalized spacial score (nSPS) is 17.5. The molecule has 0 aliphatic carbocycles. The number of hydrogen-bond acceptors (Lipinski definition) is 7. The number of nitrogens with one attached hydrogen (secondary N) is 4. The van der Waals surface area contributed by atoms with Crippen LogP contribution in [0.15, 0.2) is 24.5 Å². The molecule has 0 spiro atoms. The molecule has 176 valence electrons. The zero-order chi connectivity index (χ0) is 23.6. The van der Waals surface area contributed by atoms with Crippen molar-refractivity contribution in [3.63, 3.8) is 0 Å². The van der Waals surface area contributed by atoms with E-state index in [1.165, 1.54) is 7.11 Å². The molecule has 33 heavy (non-hydrogen) atoms. The molecule has 1 aromatic carbocycles. The Morgan fingerprint density at radius 3 is 2.88 bits per heavy atom. The smallest absolute Gasteiger partial charge is 0.411 e. The Kier molecular flexibility index (Phi) is 6.62. The van der Waals surface area contributed by atoms with Gasteiger partial charge in [0.15, 0.2) is 5.75 Å². The molecule has 4 rings (SSSR count). The average Bonchev–Trinajstić information content (AvgIpc) is 3.22. The average molecular weight is 473 g/mol. The van der Waals surface area contributed by atoms with Crippen molar-refractivity contribution in [2.75, 3.05) is 30.9 Å². The Morgan fingerprint density at radius 1 is 1.36 bits per heavy atom. The number of anilines is 2. The first-order valence-electron chi connectivity index (χ1n) is 11.0. The van der Waals surface area contributed by atoms with Gasteiger partial charge in [0, 0.05) is 35.3 Å². The van der Waals surface area contributed by atoms with Crippen molar-refractivity contribution in [1.29, 1.82) is 0 Å². The molecular formula is C23H29ClN6O3. The van der Waals surface area contributed by atoms with Crippen LogP contribution in [-0.2, 0) is 4.74 Å². The number of halogens is 1. The van der Waals surface area contributed by atoms with Gasteiger partial charge in [-0.15, -0.1) is 0 Å². The summed E-state index contributed by atoms with van der Waals surface area (Å²) in [4.78, 5) is 24.1. The van der Waals surface area contributed by atoms with Crippen molar-refractivity contribution in [1.82, 2.24) is 20.3 Å². The van der Waals surface area contributed by atoms with Crippen LogP contribution in [0.1, 0.15) is 33.6 Å². The molecule has 1 saturated heterocycles. The topological polar surface area (TPSA) is 113 Å². The van der Waals surface area contributed by atoms with E-state index in [1.807, 2.05) is 19.2 Å². The summed E-state index contributed by atoms with van der Waals surface area (Å²) in [6.07, 6.45) is 4.97. The number of piperidine rings is 1. The molecule has 1 atom stereocenters. The van der Waals surface area contributed by atoms with Gasteiger partial charge in [-0.2, -0.15) is 0 Å². The number of ether oxygens (including phenoxy) is 2. The van der Waals surface area contributed by atoms with Gasteiger partial charge in [-0.1, -0.05) is 11.6 Å². The number of carbonyl (C=O) groups excluding carboxylic acids is 1. The number of aromatic nitrogens is 3. The summed E-state index contributed by atoms with van der Waals surface area (Å²) in [5.41, 5.74) is 2.81. The molecule has 0 saturated carbocycles. The summed E-state index contributed by atoms with van der Waals surface area (Å²) >= 11 is 6.50. The molecule has 0 bridgehead atoms. The monoisotopic (exact) mass is 472 g/mol. The van der Waals surface area contributed by atoms with Gasteiger partial charge in [0.2, 0.25) is 5.95 Å². The standard InChI is InChI=1S/C23H29ClN6O3/c1-5-33-20-17(29-22(31)32-4)7-6-14-15(11-25-19(14)20)18-16(24)12-26-21(30-18)28-13-8-9-23(2,3)27-10-13/h6-7,11-13,25,27H,5,8-10H2,1-4H3,(H,29,31)(H,26,28,30)/t13-/m0/s1. The van der Waals surface area contributed by atoms with Crippen molar-refractivity contribution in [2.45, 2.75) is 45.2 Å². The SMILES string of the molecule is CCOc1c(NC(=O)OC)ccc2c(-c3nc(N[C@H]4CCC(C)(C)NC4)ncc3Cl)c[nH]c12. The Labute approximate surface area is 197 Å².